The Bertz CT molecular complexity index is 647. The van der Waals surface area contributed by atoms with Crippen LogP contribution >= 0.6 is 11.8 Å². The van der Waals surface area contributed by atoms with E-state index in [1.807, 2.05) is 49.4 Å². The molecule has 0 aliphatic heterocycles. The number of nitrogens with one attached hydrogen (secondary N) is 1. The highest BCUT2D eigenvalue weighted by molar-refractivity contribution is 7.99. The second-order valence-electron chi connectivity index (χ2n) is 4.96. The predicted molar refractivity (Wildman–Crippen MR) is 91.6 cm³/mol. The van der Waals surface area contributed by atoms with Gasteiger partial charge in [-0.05, 0) is 30.2 Å². The smallest absolute Gasteiger partial charge is 0.237 e. The first-order valence-corrected chi connectivity index (χ1v) is 8.16. The molecule has 2 rings (SSSR count). The SMILES string of the molecule is C[C@H](SCc1ccccc1)C(=O)Nc1ccc(CC#N)cc1. The van der Waals surface area contributed by atoms with E-state index in [1.54, 1.807) is 11.8 Å². The second kappa shape index (κ2) is 8.26. The molecule has 0 saturated heterocycles. The Morgan fingerprint density at radius 2 is 1.82 bits per heavy atom. The Morgan fingerprint density at radius 3 is 2.45 bits per heavy atom. The van der Waals surface area contributed by atoms with E-state index in [0.717, 1.165) is 17.0 Å². The van der Waals surface area contributed by atoms with Gasteiger partial charge < -0.3 is 5.32 Å². The molecule has 0 fully saturated rings. The Labute approximate surface area is 135 Å². The first-order chi connectivity index (χ1) is 10.7. The van der Waals surface area contributed by atoms with Crippen molar-refractivity contribution in [2.45, 2.75) is 24.3 Å². The highest BCUT2D eigenvalue weighted by atomic mass is 32.2. The monoisotopic (exact) mass is 310 g/mol. The summed E-state index contributed by atoms with van der Waals surface area (Å²) in [5, 5.41) is 11.4. The summed E-state index contributed by atoms with van der Waals surface area (Å²) in [6.07, 6.45) is 0.386. The molecule has 0 radical (unpaired) electrons. The van der Waals surface area contributed by atoms with Crippen LogP contribution in [0.2, 0.25) is 0 Å². The van der Waals surface area contributed by atoms with E-state index < -0.39 is 0 Å². The van der Waals surface area contributed by atoms with Crippen LogP contribution in [0.25, 0.3) is 0 Å². The number of nitrogens with zero attached hydrogens (tertiary/aromatic N) is 1. The molecule has 2 aromatic carbocycles. The molecule has 1 N–H and O–H groups in total. The van der Waals surface area contributed by atoms with Gasteiger partial charge in [0.1, 0.15) is 0 Å². The van der Waals surface area contributed by atoms with Crippen LogP contribution in [0.4, 0.5) is 5.69 Å². The summed E-state index contributed by atoms with van der Waals surface area (Å²) in [5.74, 6) is 0.810. The highest BCUT2D eigenvalue weighted by Gasteiger charge is 2.13. The Balaban J connectivity index is 1.84. The van der Waals surface area contributed by atoms with Crippen molar-refractivity contribution in [3.05, 3.63) is 65.7 Å². The zero-order chi connectivity index (χ0) is 15.8. The van der Waals surface area contributed by atoms with Gasteiger partial charge in [-0.2, -0.15) is 5.26 Å². The molecule has 0 saturated carbocycles. The minimum atomic E-state index is -0.126. The number of benzene rings is 2. The maximum atomic E-state index is 12.2. The van der Waals surface area contributed by atoms with Gasteiger partial charge in [0.2, 0.25) is 5.91 Å². The number of hydrogen-bond acceptors (Lipinski definition) is 3. The summed E-state index contributed by atoms with van der Waals surface area (Å²) in [4.78, 5) is 12.2. The largest absolute Gasteiger partial charge is 0.325 e. The molecule has 112 valence electrons. The second-order valence-corrected chi connectivity index (χ2v) is 6.29. The molecule has 2 aromatic rings. The summed E-state index contributed by atoms with van der Waals surface area (Å²) >= 11 is 1.61. The van der Waals surface area contributed by atoms with E-state index in [-0.39, 0.29) is 11.2 Å². The fraction of sp³-hybridized carbons (Fsp3) is 0.222. The van der Waals surface area contributed by atoms with Gasteiger partial charge in [-0.25, -0.2) is 0 Å². The molecule has 0 aromatic heterocycles. The van der Waals surface area contributed by atoms with E-state index >= 15 is 0 Å². The molecular formula is C18H18N2OS. The normalized spacial score (nSPS) is 11.5. The average molecular weight is 310 g/mol. The molecule has 0 aliphatic carbocycles. The molecule has 3 nitrogen and oxygen atoms in total. The average Bonchev–Trinajstić information content (AvgIpc) is 2.55. The molecule has 0 unspecified atom stereocenters. The number of anilines is 1. The zero-order valence-electron chi connectivity index (χ0n) is 12.5. The Kier molecular flexibility index (Phi) is 6.05. The Hall–Kier alpha value is -2.25. The van der Waals surface area contributed by atoms with Crippen molar-refractivity contribution in [2.24, 2.45) is 0 Å². The fourth-order valence-electron chi connectivity index (χ4n) is 1.91. The maximum Gasteiger partial charge on any atom is 0.237 e. The van der Waals surface area contributed by atoms with Gasteiger partial charge in [0, 0.05) is 11.4 Å². The van der Waals surface area contributed by atoms with E-state index in [4.69, 9.17) is 5.26 Å². The summed E-state index contributed by atoms with van der Waals surface area (Å²) in [6.45, 7) is 1.91. The van der Waals surface area contributed by atoms with Crippen LogP contribution in [0, 0.1) is 11.3 Å². The van der Waals surface area contributed by atoms with E-state index in [2.05, 4.69) is 23.5 Å². The number of rotatable bonds is 6. The first-order valence-electron chi connectivity index (χ1n) is 7.11. The van der Waals surface area contributed by atoms with Gasteiger partial charge in [-0.15, -0.1) is 11.8 Å². The van der Waals surface area contributed by atoms with Gasteiger partial charge in [0.25, 0.3) is 0 Å². The molecule has 0 bridgehead atoms. The summed E-state index contributed by atoms with van der Waals surface area (Å²) in [6, 6.07) is 19.6. The van der Waals surface area contributed by atoms with Crippen molar-refractivity contribution in [1.82, 2.24) is 0 Å². The lowest BCUT2D eigenvalue weighted by Gasteiger charge is -2.12. The third kappa shape index (κ3) is 4.94. The van der Waals surface area contributed by atoms with Crippen LogP contribution < -0.4 is 5.32 Å². The Morgan fingerprint density at radius 1 is 1.14 bits per heavy atom. The van der Waals surface area contributed by atoms with Crippen molar-refractivity contribution in [1.29, 1.82) is 5.26 Å². The van der Waals surface area contributed by atoms with E-state index in [0.29, 0.717) is 6.42 Å². The van der Waals surface area contributed by atoms with Gasteiger partial charge in [0.15, 0.2) is 0 Å². The lowest BCUT2D eigenvalue weighted by Crippen LogP contribution is -2.22. The maximum absolute atomic E-state index is 12.2. The van der Waals surface area contributed by atoms with Crippen molar-refractivity contribution in [3.8, 4) is 6.07 Å². The standard InChI is InChI=1S/C18H18N2OS/c1-14(22-13-16-5-3-2-4-6-16)18(21)20-17-9-7-15(8-10-17)11-12-19/h2-10,14H,11,13H2,1H3,(H,20,21)/t14-/m0/s1. The number of carbonyl (C=O) groups excluding carboxylic acids is 1. The molecule has 1 atom stereocenters. The van der Waals surface area contributed by atoms with Gasteiger partial charge in [-0.1, -0.05) is 42.5 Å². The molecule has 4 heteroatoms. The summed E-state index contributed by atoms with van der Waals surface area (Å²) in [5.41, 5.74) is 2.93. The molecular weight excluding hydrogens is 292 g/mol. The van der Waals surface area contributed by atoms with Crippen LogP contribution in [-0.2, 0) is 17.0 Å². The number of thioether (sulfide) groups is 1. The number of nitriles is 1. The van der Waals surface area contributed by atoms with Crippen LogP contribution in [0.5, 0.6) is 0 Å². The van der Waals surface area contributed by atoms with Gasteiger partial charge >= 0.3 is 0 Å². The molecule has 0 spiro atoms. The minimum Gasteiger partial charge on any atom is -0.325 e. The molecule has 0 heterocycles. The minimum absolute atomic E-state index is 0.00559. The number of hydrogen-bond donors (Lipinski definition) is 1. The number of amides is 1. The van der Waals surface area contributed by atoms with Crippen molar-refractivity contribution in [2.75, 3.05) is 5.32 Å². The first kappa shape index (κ1) is 16.1. The third-order valence-corrected chi connectivity index (χ3v) is 4.43. The van der Waals surface area contributed by atoms with Gasteiger partial charge in [0.05, 0.1) is 17.7 Å². The lowest BCUT2D eigenvalue weighted by molar-refractivity contribution is -0.115. The lowest BCUT2D eigenvalue weighted by atomic mass is 10.1. The van der Waals surface area contributed by atoms with Crippen molar-refractivity contribution < 1.29 is 4.79 Å². The predicted octanol–water partition coefficient (Wildman–Crippen LogP) is 4.01. The van der Waals surface area contributed by atoms with Crippen molar-refractivity contribution >= 4 is 23.4 Å². The van der Waals surface area contributed by atoms with Crippen LogP contribution in [0.1, 0.15) is 18.1 Å². The zero-order valence-corrected chi connectivity index (χ0v) is 13.3. The summed E-state index contributed by atoms with van der Waals surface area (Å²) in [7, 11) is 0. The van der Waals surface area contributed by atoms with Crippen LogP contribution in [0.3, 0.4) is 0 Å². The van der Waals surface area contributed by atoms with Crippen molar-refractivity contribution in [3.63, 3.8) is 0 Å². The summed E-state index contributed by atoms with van der Waals surface area (Å²) < 4.78 is 0. The highest BCUT2D eigenvalue weighted by Crippen LogP contribution is 2.19. The number of carbonyl (C=O) groups is 1. The van der Waals surface area contributed by atoms with E-state index in [9.17, 15) is 4.79 Å². The fourth-order valence-corrected chi connectivity index (χ4v) is 2.76. The quantitative estimate of drug-likeness (QED) is 0.877. The third-order valence-electron chi connectivity index (χ3n) is 3.22. The van der Waals surface area contributed by atoms with Crippen LogP contribution in [0.15, 0.2) is 54.6 Å². The topological polar surface area (TPSA) is 52.9 Å². The molecule has 22 heavy (non-hydrogen) atoms. The van der Waals surface area contributed by atoms with E-state index in [1.165, 1.54) is 5.56 Å². The van der Waals surface area contributed by atoms with Gasteiger partial charge in [-0.3, -0.25) is 4.79 Å². The van der Waals surface area contributed by atoms with Crippen LogP contribution in [-0.4, -0.2) is 11.2 Å². The molecule has 1 amide bonds. The molecule has 0 aliphatic rings.